The number of thiophene rings is 1. The fourth-order valence-electron chi connectivity index (χ4n) is 2.45. The summed E-state index contributed by atoms with van der Waals surface area (Å²) in [5.74, 6) is 0.205. The van der Waals surface area contributed by atoms with Crippen LogP contribution >= 0.6 is 11.3 Å². The van der Waals surface area contributed by atoms with E-state index in [-0.39, 0.29) is 5.75 Å². The van der Waals surface area contributed by atoms with Crippen molar-refractivity contribution >= 4 is 21.4 Å². The summed E-state index contributed by atoms with van der Waals surface area (Å²) < 4.78 is 25.2. The maximum atomic E-state index is 11.8. The van der Waals surface area contributed by atoms with Crippen LogP contribution in [-0.2, 0) is 10.0 Å². The Morgan fingerprint density at radius 2 is 2.16 bits per heavy atom. The van der Waals surface area contributed by atoms with Gasteiger partial charge in [-0.25, -0.2) is 12.7 Å². The molecule has 2 heterocycles. The van der Waals surface area contributed by atoms with Crippen molar-refractivity contribution < 1.29 is 8.42 Å². The average molecular weight is 302 g/mol. The Hall–Kier alpha value is -0.430. The normalized spacial score (nSPS) is 20.5. The summed E-state index contributed by atoms with van der Waals surface area (Å²) >= 11 is 1.71. The minimum absolute atomic E-state index is 0.205. The Morgan fingerprint density at radius 3 is 2.68 bits per heavy atom. The molecule has 0 spiro atoms. The summed E-state index contributed by atoms with van der Waals surface area (Å²) in [5, 5.41) is 7.84. The molecule has 4 nitrogen and oxygen atoms in total. The molecule has 0 aromatic carbocycles. The van der Waals surface area contributed by atoms with Gasteiger partial charge >= 0.3 is 0 Å². The number of sulfonamides is 1. The lowest BCUT2D eigenvalue weighted by Gasteiger charge is -2.33. The third kappa shape index (κ3) is 3.78. The number of hydrogen-bond donors (Lipinski definition) is 1. The largest absolute Gasteiger partial charge is 0.307 e. The molecule has 1 fully saturated rings. The van der Waals surface area contributed by atoms with Gasteiger partial charge in [-0.15, -0.1) is 0 Å². The van der Waals surface area contributed by atoms with Crippen LogP contribution in [0.1, 0.15) is 38.3 Å². The zero-order valence-electron chi connectivity index (χ0n) is 11.5. The summed E-state index contributed by atoms with van der Waals surface area (Å²) in [6.45, 7) is 5.16. The molecule has 1 aliphatic heterocycles. The highest BCUT2D eigenvalue weighted by Gasteiger charge is 2.27. The van der Waals surface area contributed by atoms with Gasteiger partial charge in [-0.05, 0) is 49.1 Å². The molecule has 6 heteroatoms. The average Bonchev–Trinajstić information content (AvgIpc) is 2.93. The minimum atomic E-state index is -3.01. The molecule has 0 radical (unpaired) electrons. The Balaban J connectivity index is 1.84. The van der Waals surface area contributed by atoms with Crippen LogP contribution in [0, 0.1) is 0 Å². The first-order chi connectivity index (χ1) is 9.03. The van der Waals surface area contributed by atoms with E-state index in [0.717, 1.165) is 12.8 Å². The van der Waals surface area contributed by atoms with Gasteiger partial charge in [0.15, 0.2) is 0 Å². The van der Waals surface area contributed by atoms with Gasteiger partial charge < -0.3 is 5.32 Å². The molecule has 2 rings (SSSR count). The molecule has 1 N–H and O–H groups in total. The van der Waals surface area contributed by atoms with Crippen LogP contribution in [0.2, 0.25) is 0 Å². The number of nitrogens with one attached hydrogen (secondary N) is 1. The van der Waals surface area contributed by atoms with E-state index in [1.807, 2.05) is 0 Å². The van der Waals surface area contributed by atoms with Crippen LogP contribution in [0.25, 0.3) is 0 Å². The Kier molecular flexibility index (Phi) is 5.00. The lowest BCUT2D eigenvalue weighted by molar-refractivity contribution is 0.277. The van der Waals surface area contributed by atoms with Crippen LogP contribution in [0.3, 0.4) is 0 Å². The summed E-state index contributed by atoms with van der Waals surface area (Å²) in [5.41, 5.74) is 1.31. The van der Waals surface area contributed by atoms with E-state index in [4.69, 9.17) is 0 Å². The molecule has 1 atom stereocenters. The quantitative estimate of drug-likeness (QED) is 0.907. The van der Waals surface area contributed by atoms with Gasteiger partial charge in [-0.2, -0.15) is 11.3 Å². The van der Waals surface area contributed by atoms with Gasteiger partial charge in [0.05, 0.1) is 5.75 Å². The molecule has 0 amide bonds. The van der Waals surface area contributed by atoms with E-state index in [1.165, 1.54) is 5.56 Å². The zero-order valence-corrected chi connectivity index (χ0v) is 13.1. The van der Waals surface area contributed by atoms with Crippen molar-refractivity contribution in [2.45, 2.75) is 38.8 Å². The van der Waals surface area contributed by atoms with E-state index in [1.54, 1.807) is 22.6 Å². The Morgan fingerprint density at radius 1 is 1.47 bits per heavy atom. The van der Waals surface area contributed by atoms with Gasteiger partial charge in [0.25, 0.3) is 0 Å². The van der Waals surface area contributed by atoms with Gasteiger partial charge in [-0.3, -0.25) is 0 Å². The first-order valence-corrected chi connectivity index (χ1v) is 9.34. The predicted octanol–water partition coefficient (Wildman–Crippen LogP) is 2.21. The SMILES string of the molecule is CCS(=O)(=O)N1CCC(NC(C)c2ccsc2)CC1. The van der Waals surface area contributed by atoms with Crippen molar-refractivity contribution in [3.8, 4) is 0 Å². The molecule has 1 aromatic rings. The lowest BCUT2D eigenvalue weighted by atomic mass is 10.0. The van der Waals surface area contributed by atoms with Crippen LogP contribution in [-0.4, -0.2) is 37.6 Å². The van der Waals surface area contributed by atoms with Crippen LogP contribution in [0.15, 0.2) is 16.8 Å². The highest BCUT2D eigenvalue weighted by molar-refractivity contribution is 7.89. The van der Waals surface area contributed by atoms with Crippen molar-refractivity contribution in [2.75, 3.05) is 18.8 Å². The maximum absolute atomic E-state index is 11.8. The van der Waals surface area contributed by atoms with Crippen molar-refractivity contribution in [2.24, 2.45) is 0 Å². The van der Waals surface area contributed by atoms with Crippen LogP contribution in [0.5, 0.6) is 0 Å². The van der Waals surface area contributed by atoms with Crippen molar-refractivity contribution in [3.05, 3.63) is 22.4 Å². The van der Waals surface area contributed by atoms with Gasteiger partial charge in [-0.1, -0.05) is 0 Å². The van der Waals surface area contributed by atoms with Crippen molar-refractivity contribution in [1.29, 1.82) is 0 Å². The van der Waals surface area contributed by atoms with E-state index in [2.05, 4.69) is 29.1 Å². The Labute approximate surface area is 119 Å². The standard InChI is InChI=1S/C13H22N2O2S2/c1-3-19(16,17)15-7-4-13(5-8-15)14-11(2)12-6-9-18-10-12/h6,9-11,13-14H,3-5,7-8H2,1-2H3. The third-order valence-electron chi connectivity index (χ3n) is 3.74. The molecule has 1 aromatic heterocycles. The van der Waals surface area contributed by atoms with E-state index in [9.17, 15) is 8.42 Å². The summed E-state index contributed by atoms with van der Waals surface area (Å²) in [4.78, 5) is 0. The number of nitrogens with zero attached hydrogens (tertiary/aromatic N) is 1. The van der Waals surface area contributed by atoms with E-state index >= 15 is 0 Å². The zero-order chi connectivity index (χ0) is 13.9. The molecule has 1 unspecified atom stereocenters. The number of hydrogen-bond acceptors (Lipinski definition) is 4. The van der Waals surface area contributed by atoms with Gasteiger partial charge in [0, 0.05) is 25.2 Å². The van der Waals surface area contributed by atoms with E-state index < -0.39 is 10.0 Å². The highest BCUT2D eigenvalue weighted by atomic mass is 32.2. The molecular formula is C13H22N2O2S2. The summed E-state index contributed by atoms with van der Waals surface area (Å²) in [6, 6.07) is 2.89. The summed E-state index contributed by atoms with van der Waals surface area (Å²) in [7, 11) is -3.01. The lowest BCUT2D eigenvalue weighted by Crippen LogP contribution is -2.45. The van der Waals surface area contributed by atoms with E-state index in [0.29, 0.717) is 25.2 Å². The molecule has 1 saturated heterocycles. The maximum Gasteiger partial charge on any atom is 0.213 e. The molecule has 0 aliphatic carbocycles. The minimum Gasteiger partial charge on any atom is -0.307 e. The molecule has 0 bridgehead atoms. The first kappa shape index (κ1) is 15.0. The molecule has 1 aliphatic rings. The second-order valence-electron chi connectivity index (χ2n) is 5.02. The van der Waals surface area contributed by atoms with Gasteiger partial charge in [0.1, 0.15) is 0 Å². The highest BCUT2D eigenvalue weighted by Crippen LogP contribution is 2.20. The molecule has 0 saturated carbocycles. The first-order valence-electron chi connectivity index (χ1n) is 6.79. The fourth-order valence-corrected chi connectivity index (χ4v) is 4.34. The predicted molar refractivity (Wildman–Crippen MR) is 79.9 cm³/mol. The Bertz CT molecular complexity index is 477. The molecule has 19 heavy (non-hydrogen) atoms. The smallest absolute Gasteiger partial charge is 0.213 e. The monoisotopic (exact) mass is 302 g/mol. The van der Waals surface area contributed by atoms with Crippen molar-refractivity contribution in [1.82, 2.24) is 9.62 Å². The molecule has 108 valence electrons. The van der Waals surface area contributed by atoms with Gasteiger partial charge in [0.2, 0.25) is 10.0 Å². The number of piperidine rings is 1. The molecular weight excluding hydrogens is 280 g/mol. The topological polar surface area (TPSA) is 49.4 Å². The summed E-state index contributed by atoms with van der Waals surface area (Å²) in [6.07, 6.45) is 1.79. The third-order valence-corrected chi connectivity index (χ3v) is 6.32. The van der Waals surface area contributed by atoms with Crippen molar-refractivity contribution in [3.63, 3.8) is 0 Å². The second-order valence-corrected chi connectivity index (χ2v) is 8.06. The fraction of sp³-hybridized carbons (Fsp3) is 0.692. The number of rotatable bonds is 5. The second kappa shape index (κ2) is 6.35. The van der Waals surface area contributed by atoms with Crippen LogP contribution in [0.4, 0.5) is 0 Å². The van der Waals surface area contributed by atoms with Crippen LogP contribution < -0.4 is 5.32 Å².